The Bertz CT molecular complexity index is 383. The molecule has 0 spiro atoms. The van der Waals surface area contributed by atoms with Gasteiger partial charge in [-0.3, -0.25) is 0 Å². The first-order valence-electron chi connectivity index (χ1n) is 6.91. The molecule has 0 radical (unpaired) electrons. The van der Waals surface area contributed by atoms with E-state index < -0.39 is 11.6 Å². The molecule has 3 heteroatoms. The topological polar surface area (TPSA) is 57.5 Å². The normalized spacial score (nSPS) is 43.4. The van der Waals surface area contributed by atoms with Crippen molar-refractivity contribution in [2.75, 3.05) is 0 Å². The highest BCUT2D eigenvalue weighted by Gasteiger charge is 2.61. The minimum absolute atomic E-state index is 0.0504. The zero-order chi connectivity index (χ0) is 13.6. The Hall–Kier alpha value is -0.830. The van der Waals surface area contributed by atoms with Crippen molar-refractivity contribution in [3.8, 4) is 0 Å². The van der Waals surface area contributed by atoms with Crippen LogP contribution >= 0.6 is 0 Å². The maximum atomic E-state index is 10.7. The van der Waals surface area contributed by atoms with Crippen molar-refractivity contribution in [1.29, 1.82) is 0 Å². The molecule has 0 unspecified atom stereocenters. The van der Waals surface area contributed by atoms with E-state index in [0.29, 0.717) is 17.4 Å². The summed E-state index contributed by atoms with van der Waals surface area (Å²) in [5.74, 6) is 0.202. The van der Waals surface area contributed by atoms with Gasteiger partial charge in [-0.15, -0.1) is 0 Å². The average molecular weight is 252 g/mol. The average Bonchev–Trinajstić information content (AvgIpc) is 2.82. The first kappa shape index (κ1) is 13.6. The van der Waals surface area contributed by atoms with E-state index in [0.717, 1.165) is 25.7 Å². The number of hydrogen-bond acceptors (Lipinski definition) is 2. The molecule has 2 fully saturated rings. The fourth-order valence-corrected chi connectivity index (χ4v) is 4.08. The number of hydrogen-bond donors (Lipinski definition) is 2. The summed E-state index contributed by atoms with van der Waals surface area (Å²) in [6.45, 7) is 5.79. The van der Waals surface area contributed by atoms with Gasteiger partial charge >= 0.3 is 5.97 Å². The smallest absolute Gasteiger partial charge is 0.330 e. The summed E-state index contributed by atoms with van der Waals surface area (Å²) in [6, 6.07) is 0. The van der Waals surface area contributed by atoms with Crippen LogP contribution in [0.2, 0.25) is 0 Å². The van der Waals surface area contributed by atoms with E-state index in [2.05, 4.69) is 6.92 Å². The molecule has 2 saturated carbocycles. The molecule has 2 bridgehead atoms. The van der Waals surface area contributed by atoms with E-state index in [4.69, 9.17) is 5.11 Å². The van der Waals surface area contributed by atoms with Crippen LogP contribution in [-0.4, -0.2) is 21.8 Å². The summed E-state index contributed by atoms with van der Waals surface area (Å²) in [5, 5.41) is 19.6. The molecule has 2 rings (SSSR count). The second-order valence-corrected chi connectivity index (χ2v) is 6.50. The molecular weight excluding hydrogens is 228 g/mol. The van der Waals surface area contributed by atoms with Crippen LogP contribution in [0, 0.1) is 17.3 Å². The summed E-state index contributed by atoms with van der Waals surface area (Å²) in [7, 11) is 0. The minimum Gasteiger partial charge on any atom is -0.478 e. The SMILES string of the molecule is C/C(=C\CC[C@@]1(C)[C@H]2CC[C@@H](C2)[C@]1(C)O)C(=O)O. The van der Waals surface area contributed by atoms with Gasteiger partial charge in [0.2, 0.25) is 0 Å². The first-order chi connectivity index (χ1) is 8.29. The van der Waals surface area contributed by atoms with Crippen LogP contribution in [-0.2, 0) is 4.79 Å². The Labute approximate surface area is 109 Å². The molecule has 4 atom stereocenters. The lowest BCUT2D eigenvalue weighted by Crippen LogP contribution is -2.48. The number of carbonyl (C=O) groups is 1. The highest BCUT2D eigenvalue weighted by molar-refractivity contribution is 5.85. The summed E-state index contributed by atoms with van der Waals surface area (Å²) in [5.41, 5.74) is -0.229. The zero-order valence-electron chi connectivity index (χ0n) is 11.6. The fraction of sp³-hybridized carbons (Fsp3) is 0.800. The summed E-state index contributed by atoms with van der Waals surface area (Å²) in [4.78, 5) is 10.7. The van der Waals surface area contributed by atoms with Crippen molar-refractivity contribution in [2.45, 2.75) is 58.5 Å². The molecule has 0 saturated heterocycles. The highest BCUT2D eigenvalue weighted by Crippen LogP contribution is 2.63. The predicted octanol–water partition coefficient (Wildman–Crippen LogP) is 2.98. The molecular formula is C15H24O3. The number of fused-ring (bicyclic) bond motifs is 2. The maximum Gasteiger partial charge on any atom is 0.330 e. The summed E-state index contributed by atoms with van der Waals surface area (Å²) < 4.78 is 0. The number of carboxylic acid groups (broad SMARTS) is 1. The molecule has 18 heavy (non-hydrogen) atoms. The molecule has 0 amide bonds. The molecule has 2 aliphatic rings. The van der Waals surface area contributed by atoms with Gasteiger partial charge in [0.1, 0.15) is 0 Å². The van der Waals surface area contributed by atoms with Gasteiger partial charge in [0.25, 0.3) is 0 Å². The Morgan fingerprint density at radius 2 is 1.94 bits per heavy atom. The molecule has 0 aromatic carbocycles. The summed E-state index contributed by atoms with van der Waals surface area (Å²) >= 11 is 0. The maximum absolute atomic E-state index is 10.7. The Kier molecular flexibility index (Phi) is 3.30. The van der Waals surface area contributed by atoms with Crippen LogP contribution in [0.25, 0.3) is 0 Å². The Morgan fingerprint density at radius 1 is 1.33 bits per heavy atom. The van der Waals surface area contributed by atoms with Crippen molar-refractivity contribution >= 4 is 5.97 Å². The number of rotatable bonds is 4. The van der Waals surface area contributed by atoms with E-state index in [1.165, 1.54) is 6.42 Å². The van der Waals surface area contributed by atoms with Crippen LogP contribution in [0.15, 0.2) is 11.6 Å². The van der Waals surface area contributed by atoms with Gasteiger partial charge in [0.15, 0.2) is 0 Å². The van der Waals surface area contributed by atoms with Crippen LogP contribution in [0.3, 0.4) is 0 Å². The quantitative estimate of drug-likeness (QED) is 0.756. The molecule has 2 aliphatic carbocycles. The third-order valence-corrected chi connectivity index (χ3v) is 5.74. The predicted molar refractivity (Wildman–Crippen MR) is 70.2 cm³/mol. The van der Waals surface area contributed by atoms with Crippen molar-refractivity contribution in [1.82, 2.24) is 0 Å². The Balaban J connectivity index is 2.04. The van der Waals surface area contributed by atoms with Crippen molar-refractivity contribution in [2.24, 2.45) is 17.3 Å². The lowest BCUT2D eigenvalue weighted by atomic mass is 9.63. The van der Waals surface area contributed by atoms with E-state index in [1.54, 1.807) is 13.0 Å². The second kappa shape index (κ2) is 4.37. The minimum atomic E-state index is -0.847. The number of aliphatic hydroxyl groups is 1. The van der Waals surface area contributed by atoms with Crippen LogP contribution in [0.4, 0.5) is 0 Å². The number of allylic oxidation sites excluding steroid dienone is 1. The first-order valence-corrected chi connectivity index (χ1v) is 6.91. The Morgan fingerprint density at radius 3 is 2.44 bits per heavy atom. The third kappa shape index (κ3) is 1.89. The van der Waals surface area contributed by atoms with Gasteiger partial charge in [-0.1, -0.05) is 13.0 Å². The fourth-order valence-electron chi connectivity index (χ4n) is 4.08. The third-order valence-electron chi connectivity index (χ3n) is 5.74. The lowest BCUT2D eigenvalue weighted by Gasteiger charge is -2.46. The largest absolute Gasteiger partial charge is 0.478 e. The van der Waals surface area contributed by atoms with Gasteiger partial charge < -0.3 is 10.2 Å². The number of aliphatic carboxylic acids is 1. The van der Waals surface area contributed by atoms with Crippen molar-refractivity contribution < 1.29 is 15.0 Å². The van der Waals surface area contributed by atoms with Crippen LogP contribution in [0.5, 0.6) is 0 Å². The molecule has 0 aromatic heterocycles. The lowest BCUT2D eigenvalue weighted by molar-refractivity contribution is -0.132. The van der Waals surface area contributed by atoms with E-state index in [9.17, 15) is 9.90 Å². The van der Waals surface area contributed by atoms with Gasteiger partial charge in [-0.25, -0.2) is 4.79 Å². The van der Waals surface area contributed by atoms with E-state index in [1.807, 2.05) is 6.92 Å². The van der Waals surface area contributed by atoms with Gasteiger partial charge in [0.05, 0.1) is 5.60 Å². The van der Waals surface area contributed by atoms with Gasteiger partial charge in [0, 0.05) is 5.57 Å². The van der Waals surface area contributed by atoms with Crippen molar-refractivity contribution in [3.05, 3.63) is 11.6 Å². The van der Waals surface area contributed by atoms with Crippen LogP contribution in [0.1, 0.15) is 52.9 Å². The highest BCUT2D eigenvalue weighted by atomic mass is 16.4. The second-order valence-electron chi connectivity index (χ2n) is 6.50. The number of carboxylic acids is 1. The van der Waals surface area contributed by atoms with Gasteiger partial charge in [-0.05, 0) is 63.2 Å². The molecule has 0 aromatic rings. The standard InChI is InChI=1S/C15H24O3/c1-10(13(16)17)5-4-8-14(2)11-6-7-12(9-11)15(14,3)18/h5,11-12,18H,4,6-9H2,1-3H3,(H,16,17)/b10-5+/t11-,12-,14-,15-/m0/s1. The molecule has 0 aliphatic heterocycles. The molecule has 102 valence electrons. The van der Waals surface area contributed by atoms with E-state index in [-0.39, 0.29) is 5.41 Å². The van der Waals surface area contributed by atoms with E-state index >= 15 is 0 Å². The summed E-state index contributed by atoms with van der Waals surface area (Å²) in [6.07, 6.45) is 6.93. The zero-order valence-corrected chi connectivity index (χ0v) is 11.6. The van der Waals surface area contributed by atoms with Crippen LogP contribution < -0.4 is 0 Å². The van der Waals surface area contributed by atoms with Gasteiger partial charge in [-0.2, -0.15) is 0 Å². The monoisotopic (exact) mass is 252 g/mol. The molecule has 2 N–H and O–H groups in total. The molecule has 0 heterocycles. The van der Waals surface area contributed by atoms with Crippen molar-refractivity contribution in [3.63, 3.8) is 0 Å². The molecule has 3 nitrogen and oxygen atoms in total.